The molecule has 0 spiro atoms. The molecule has 6 heteroatoms. The van der Waals surface area contributed by atoms with Crippen molar-refractivity contribution >= 4 is 23.2 Å². The van der Waals surface area contributed by atoms with Crippen LogP contribution in [0.15, 0.2) is 24.3 Å². The van der Waals surface area contributed by atoms with Crippen LogP contribution in [0, 0.1) is 18.3 Å². The fraction of sp³-hybridized carbons (Fsp3) is 0.214. The first-order chi connectivity index (χ1) is 9.55. The van der Waals surface area contributed by atoms with Gasteiger partial charge in [-0.25, -0.2) is 0 Å². The smallest absolute Gasteiger partial charge is 0.273 e. The molecule has 0 aliphatic rings. The maximum absolute atomic E-state index is 12.2. The second kappa shape index (κ2) is 5.76. The minimum atomic E-state index is -0.279. The number of benzene rings is 1. The highest BCUT2D eigenvalue weighted by molar-refractivity contribution is 6.34. The SMILES string of the molecule is CCn1nc(C)cc1C(=O)Nc1ccc(C#N)cc1Cl. The lowest BCUT2D eigenvalue weighted by Crippen LogP contribution is -2.17. The van der Waals surface area contributed by atoms with Crippen molar-refractivity contribution in [3.63, 3.8) is 0 Å². The summed E-state index contributed by atoms with van der Waals surface area (Å²) in [5.41, 5.74) is 2.17. The van der Waals surface area contributed by atoms with E-state index in [0.717, 1.165) is 5.69 Å². The molecule has 0 aliphatic carbocycles. The molecule has 2 rings (SSSR count). The number of aryl methyl sites for hydroxylation is 2. The number of nitrogens with zero attached hydrogens (tertiary/aromatic N) is 3. The van der Waals surface area contributed by atoms with Crippen LogP contribution in [0.5, 0.6) is 0 Å². The Morgan fingerprint density at radius 1 is 1.50 bits per heavy atom. The molecule has 1 N–H and O–H groups in total. The fourth-order valence-electron chi connectivity index (χ4n) is 1.84. The lowest BCUT2D eigenvalue weighted by molar-refractivity contribution is 0.101. The minimum absolute atomic E-state index is 0.279. The van der Waals surface area contributed by atoms with Crippen molar-refractivity contribution in [1.29, 1.82) is 5.26 Å². The number of nitriles is 1. The Morgan fingerprint density at radius 3 is 2.85 bits per heavy atom. The Labute approximate surface area is 121 Å². The highest BCUT2D eigenvalue weighted by Crippen LogP contribution is 2.23. The van der Waals surface area contributed by atoms with E-state index in [0.29, 0.717) is 28.5 Å². The van der Waals surface area contributed by atoms with Crippen LogP contribution in [-0.4, -0.2) is 15.7 Å². The van der Waals surface area contributed by atoms with Gasteiger partial charge in [-0.05, 0) is 38.1 Å². The van der Waals surface area contributed by atoms with Crippen molar-refractivity contribution in [2.45, 2.75) is 20.4 Å². The molecule has 0 saturated carbocycles. The zero-order valence-electron chi connectivity index (χ0n) is 11.1. The largest absolute Gasteiger partial charge is 0.319 e. The monoisotopic (exact) mass is 288 g/mol. The molecule has 1 amide bonds. The van der Waals surface area contributed by atoms with Crippen LogP contribution in [0.3, 0.4) is 0 Å². The topological polar surface area (TPSA) is 70.7 Å². The van der Waals surface area contributed by atoms with E-state index in [1.807, 2.05) is 19.9 Å². The van der Waals surface area contributed by atoms with Crippen molar-refractivity contribution in [2.24, 2.45) is 0 Å². The molecule has 102 valence electrons. The summed E-state index contributed by atoms with van der Waals surface area (Å²) in [6.45, 7) is 4.35. The highest BCUT2D eigenvalue weighted by atomic mass is 35.5. The van der Waals surface area contributed by atoms with Gasteiger partial charge < -0.3 is 5.32 Å². The third-order valence-corrected chi connectivity index (χ3v) is 3.09. The number of halogens is 1. The molecule has 1 aromatic heterocycles. The number of anilines is 1. The van der Waals surface area contributed by atoms with Gasteiger partial charge in [0.2, 0.25) is 0 Å². The van der Waals surface area contributed by atoms with Gasteiger partial charge in [0, 0.05) is 6.54 Å². The van der Waals surface area contributed by atoms with Crippen molar-refractivity contribution in [3.8, 4) is 6.07 Å². The van der Waals surface area contributed by atoms with Gasteiger partial charge in [-0.15, -0.1) is 0 Å². The highest BCUT2D eigenvalue weighted by Gasteiger charge is 2.14. The van der Waals surface area contributed by atoms with Gasteiger partial charge in [-0.1, -0.05) is 11.6 Å². The lowest BCUT2D eigenvalue weighted by atomic mass is 10.2. The number of rotatable bonds is 3. The predicted molar refractivity (Wildman–Crippen MR) is 76.8 cm³/mol. The molecule has 2 aromatic rings. The maximum atomic E-state index is 12.2. The number of nitrogens with one attached hydrogen (secondary N) is 1. The molecule has 0 bridgehead atoms. The van der Waals surface area contributed by atoms with Crippen LogP contribution in [0.2, 0.25) is 5.02 Å². The predicted octanol–water partition coefficient (Wildman–Crippen LogP) is 2.99. The van der Waals surface area contributed by atoms with E-state index < -0.39 is 0 Å². The molecule has 0 aliphatic heterocycles. The number of hydrogen-bond donors (Lipinski definition) is 1. The van der Waals surface area contributed by atoms with Crippen LogP contribution >= 0.6 is 11.6 Å². The third-order valence-electron chi connectivity index (χ3n) is 2.78. The van der Waals surface area contributed by atoms with E-state index in [2.05, 4.69) is 10.4 Å². The second-order valence-electron chi connectivity index (χ2n) is 4.25. The molecule has 1 heterocycles. The summed E-state index contributed by atoms with van der Waals surface area (Å²) < 4.78 is 1.63. The zero-order chi connectivity index (χ0) is 14.7. The van der Waals surface area contributed by atoms with Gasteiger partial charge in [-0.2, -0.15) is 10.4 Å². The van der Waals surface area contributed by atoms with Crippen LogP contribution < -0.4 is 5.32 Å². The Bertz CT molecular complexity index is 700. The number of carbonyl (C=O) groups is 1. The average Bonchev–Trinajstić information content (AvgIpc) is 2.82. The van der Waals surface area contributed by atoms with E-state index in [1.165, 1.54) is 6.07 Å². The van der Waals surface area contributed by atoms with Gasteiger partial charge in [-0.3, -0.25) is 9.48 Å². The molecule has 0 radical (unpaired) electrons. The molecule has 0 fully saturated rings. The van der Waals surface area contributed by atoms with E-state index in [4.69, 9.17) is 16.9 Å². The summed E-state index contributed by atoms with van der Waals surface area (Å²) >= 11 is 6.03. The summed E-state index contributed by atoms with van der Waals surface area (Å²) in [5, 5.41) is 16.1. The fourth-order valence-corrected chi connectivity index (χ4v) is 2.07. The molecular formula is C14H13ClN4O. The number of hydrogen-bond acceptors (Lipinski definition) is 3. The first-order valence-corrected chi connectivity index (χ1v) is 6.48. The van der Waals surface area contributed by atoms with Crippen molar-refractivity contribution in [1.82, 2.24) is 9.78 Å². The number of amides is 1. The van der Waals surface area contributed by atoms with Gasteiger partial charge in [0.15, 0.2) is 0 Å². The normalized spacial score (nSPS) is 10.1. The Balaban J connectivity index is 2.26. The molecule has 1 aromatic carbocycles. The zero-order valence-corrected chi connectivity index (χ0v) is 11.9. The molecule has 5 nitrogen and oxygen atoms in total. The van der Waals surface area contributed by atoms with Gasteiger partial charge in [0.1, 0.15) is 5.69 Å². The summed E-state index contributed by atoms with van der Waals surface area (Å²) in [7, 11) is 0. The lowest BCUT2D eigenvalue weighted by Gasteiger charge is -2.08. The van der Waals surface area contributed by atoms with Crippen LogP contribution in [0.4, 0.5) is 5.69 Å². The Kier molecular flexibility index (Phi) is 4.06. The summed E-state index contributed by atoms with van der Waals surface area (Å²) in [5.74, 6) is -0.279. The van der Waals surface area contributed by atoms with E-state index in [9.17, 15) is 4.79 Å². The summed E-state index contributed by atoms with van der Waals surface area (Å²) in [6.07, 6.45) is 0. The quantitative estimate of drug-likeness (QED) is 0.944. The van der Waals surface area contributed by atoms with E-state index >= 15 is 0 Å². The van der Waals surface area contributed by atoms with Gasteiger partial charge >= 0.3 is 0 Å². The van der Waals surface area contributed by atoms with Crippen molar-refractivity contribution < 1.29 is 4.79 Å². The second-order valence-corrected chi connectivity index (χ2v) is 4.65. The number of aromatic nitrogens is 2. The Morgan fingerprint density at radius 2 is 2.25 bits per heavy atom. The molecule has 0 saturated heterocycles. The molecular weight excluding hydrogens is 276 g/mol. The Hall–Kier alpha value is -2.32. The van der Waals surface area contributed by atoms with Gasteiger partial charge in [0.05, 0.1) is 28.0 Å². The summed E-state index contributed by atoms with van der Waals surface area (Å²) in [6, 6.07) is 8.43. The standard InChI is InChI=1S/C14H13ClN4O/c1-3-19-13(6-9(2)18-19)14(20)17-12-5-4-10(8-16)7-11(12)15/h4-7H,3H2,1-2H3,(H,17,20). The first kappa shape index (κ1) is 14.1. The third kappa shape index (κ3) is 2.81. The minimum Gasteiger partial charge on any atom is -0.319 e. The maximum Gasteiger partial charge on any atom is 0.273 e. The van der Waals surface area contributed by atoms with Crippen LogP contribution in [-0.2, 0) is 6.54 Å². The van der Waals surface area contributed by atoms with Crippen molar-refractivity contribution in [2.75, 3.05) is 5.32 Å². The van der Waals surface area contributed by atoms with E-state index in [1.54, 1.807) is 22.9 Å². The van der Waals surface area contributed by atoms with Crippen LogP contribution in [0.1, 0.15) is 28.7 Å². The van der Waals surface area contributed by atoms with Crippen molar-refractivity contribution in [3.05, 3.63) is 46.2 Å². The van der Waals surface area contributed by atoms with Crippen LogP contribution in [0.25, 0.3) is 0 Å². The molecule has 0 unspecified atom stereocenters. The first-order valence-electron chi connectivity index (χ1n) is 6.10. The summed E-state index contributed by atoms with van der Waals surface area (Å²) in [4.78, 5) is 12.2. The number of carbonyl (C=O) groups excluding carboxylic acids is 1. The molecule has 0 atom stereocenters. The molecule has 20 heavy (non-hydrogen) atoms. The van der Waals surface area contributed by atoms with Gasteiger partial charge in [0.25, 0.3) is 5.91 Å². The van der Waals surface area contributed by atoms with E-state index in [-0.39, 0.29) is 5.91 Å². The average molecular weight is 289 g/mol.